The summed E-state index contributed by atoms with van der Waals surface area (Å²) in [7, 11) is 2.02. The Labute approximate surface area is 119 Å². The summed E-state index contributed by atoms with van der Waals surface area (Å²) in [5.41, 5.74) is 5.10. The molecular formula is C16H34N2O. The molecule has 0 bridgehead atoms. The summed E-state index contributed by atoms with van der Waals surface area (Å²) in [5.74, 6) is -0.158. The molecule has 0 aliphatic carbocycles. The number of hydrogen-bond donors (Lipinski definition) is 2. The number of amides is 1. The predicted octanol–water partition coefficient (Wildman–Crippen LogP) is 3.76. The van der Waals surface area contributed by atoms with Crippen LogP contribution in [0.4, 0.5) is 0 Å². The molecule has 0 aromatic carbocycles. The number of rotatable bonds is 15. The van der Waals surface area contributed by atoms with Crippen LogP contribution in [0, 0.1) is 0 Å². The van der Waals surface area contributed by atoms with Gasteiger partial charge in [-0.3, -0.25) is 4.79 Å². The Hall–Kier alpha value is -0.570. The first kappa shape index (κ1) is 18.4. The molecule has 0 aliphatic rings. The molecule has 0 spiro atoms. The van der Waals surface area contributed by atoms with Crippen molar-refractivity contribution in [1.29, 1.82) is 0 Å². The van der Waals surface area contributed by atoms with Crippen LogP contribution in [0.2, 0.25) is 0 Å². The Bertz CT molecular complexity index is 195. The van der Waals surface area contributed by atoms with Crippen LogP contribution < -0.4 is 11.1 Å². The van der Waals surface area contributed by atoms with E-state index in [0.717, 1.165) is 19.4 Å². The van der Waals surface area contributed by atoms with Gasteiger partial charge >= 0.3 is 0 Å². The smallest absolute Gasteiger partial charge is 0.217 e. The number of nitrogens with two attached hydrogens (primary N) is 1. The molecule has 0 fully saturated rings. The van der Waals surface area contributed by atoms with E-state index in [1.165, 1.54) is 64.2 Å². The molecule has 1 amide bonds. The number of unbranched alkanes of at least 4 members (excludes halogenated alkanes) is 11. The zero-order chi connectivity index (χ0) is 14.2. The van der Waals surface area contributed by atoms with Crippen molar-refractivity contribution in [3.05, 3.63) is 0 Å². The highest BCUT2D eigenvalue weighted by molar-refractivity contribution is 5.73. The molecule has 3 N–H and O–H groups in total. The van der Waals surface area contributed by atoms with Gasteiger partial charge in [-0.25, -0.2) is 0 Å². The van der Waals surface area contributed by atoms with Crippen LogP contribution in [0.15, 0.2) is 0 Å². The second-order valence-corrected chi connectivity index (χ2v) is 5.56. The van der Waals surface area contributed by atoms with Crippen molar-refractivity contribution in [3.63, 3.8) is 0 Å². The van der Waals surface area contributed by atoms with Gasteiger partial charge in [-0.1, -0.05) is 64.2 Å². The van der Waals surface area contributed by atoms with Gasteiger partial charge in [0.1, 0.15) is 0 Å². The van der Waals surface area contributed by atoms with Gasteiger partial charge in [0.05, 0.1) is 0 Å². The Balaban J connectivity index is 2.93. The summed E-state index contributed by atoms with van der Waals surface area (Å²) >= 11 is 0. The average molecular weight is 270 g/mol. The molecule has 0 rings (SSSR count). The fourth-order valence-electron chi connectivity index (χ4n) is 2.37. The third kappa shape index (κ3) is 17.4. The number of hydrogen-bond acceptors (Lipinski definition) is 2. The first-order chi connectivity index (χ1) is 9.27. The summed E-state index contributed by atoms with van der Waals surface area (Å²) in [6, 6.07) is 0. The van der Waals surface area contributed by atoms with Crippen molar-refractivity contribution in [2.75, 3.05) is 13.6 Å². The zero-order valence-corrected chi connectivity index (χ0v) is 12.9. The molecule has 0 aromatic heterocycles. The SMILES string of the molecule is CNCCCCCCCCCCCCCCC(N)=O. The van der Waals surface area contributed by atoms with Crippen LogP contribution in [0.25, 0.3) is 0 Å². The normalized spacial score (nSPS) is 10.8. The molecule has 114 valence electrons. The molecule has 0 radical (unpaired) electrons. The molecular weight excluding hydrogens is 236 g/mol. The van der Waals surface area contributed by atoms with E-state index in [2.05, 4.69) is 5.32 Å². The molecule has 0 aliphatic heterocycles. The van der Waals surface area contributed by atoms with Gasteiger partial charge in [0.2, 0.25) is 5.91 Å². The van der Waals surface area contributed by atoms with Crippen molar-refractivity contribution >= 4 is 5.91 Å². The van der Waals surface area contributed by atoms with E-state index in [-0.39, 0.29) is 5.91 Å². The highest BCUT2D eigenvalue weighted by Crippen LogP contribution is 2.12. The van der Waals surface area contributed by atoms with Crippen LogP contribution >= 0.6 is 0 Å². The summed E-state index contributed by atoms with van der Waals surface area (Å²) in [5, 5.41) is 3.19. The standard InChI is InChI=1S/C16H34N2O/c1-18-15-13-11-9-7-5-3-2-4-6-8-10-12-14-16(17)19/h18H,2-15H2,1H3,(H2,17,19). The Morgan fingerprint density at radius 2 is 1.11 bits per heavy atom. The van der Waals surface area contributed by atoms with Gasteiger partial charge in [-0.2, -0.15) is 0 Å². The number of carbonyl (C=O) groups excluding carboxylic acids is 1. The van der Waals surface area contributed by atoms with Crippen molar-refractivity contribution in [3.8, 4) is 0 Å². The molecule has 0 atom stereocenters. The largest absolute Gasteiger partial charge is 0.370 e. The van der Waals surface area contributed by atoms with E-state index in [9.17, 15) is 4.79 Å². The van der Waals surface area contributed by atoms with E-state index in [4.69, 9.17) is 5.73 Å². The number of carbonyl (C=O) groups is 1. The van der Waals surface area contributed by atoms with Gasteiger partial charge in [0.25, 0.3) is 0 Å². The van der Waals surface area contributed by atoms with E-state index < -0.39 is 0 Å². The van der Waals surface area contributed by atoms with Crippen molar-refractivity contribution < 1.29 is 4.79 Å². The van der Waals surface area contributed by atoms with E-state index >= 15 is 0 Å². The highest BCUT2D eigenvalue weighted by atomic mass is 16.1. The van der Waals surface area contributed by atoms with Crippen molar-refractivity contribution in [2.45, 2.75) is 83.5 Å². The maximum absolute atomic E-state index is 10.5. The lowest BCUT2D eigenvalue weighted by atomic mass is 10.0. The fraction of sp³-hybridized carbons (Fsp3) is 0.938. The monoisotopic (exact) mass is 270 g/mol. The molecule has 0 saturated carbocycles. The Morgan fingerprint density at radius 1 is 0.737 bits per heavy atom. The molecule has 19 heavy (non-hydrogen) atoms. The Morgan fingerprint density at radius 3 is 1.47 bits per heavy atom. The van der Waals surface area contributed by atoms with Crippen LogP contribution in [-0.4, -0.2) is 19.5 Å². The lowest BCUT2D eigenvalue weighted by molar-refractivity contribution is -0.118. The average Bonchev–Trinajstić information content (AvgIpc) is 2.39. The van der Waals surface area contributed by atoms with Crippen molar-refractivity contribution in [1.82, 2.24) is 5.32 Å². The van der Waals surface area contributed by atoms with Crippen LogP contribution in [0.5, 0.6) is 0 Å². The molecule has 3 nitrogen and oxygen atoms in total. The summed E-state index contributed by atoms with van der Waals surface area (Å²) in [4.78, 5) is 10.5. The van der Waals surface area contributed by atoms with Gasteiger partial charge in [0, 0.05) is 6.42 Å². The van der Waals surface area contributed by atoms with Crippen LogP contribution in [0.3, 0.4) is 0 Å². The first-order valence-corrected chi connectivity index (χ1v) is 8.20. The predicted molar refractivity (Wildman–Crippen MR) is 83.1 cm³/mol. The lowest BCUT2D eigenvalue weighted by Crippen LogP contribution is -2.09. The first-order valence-electron chi connectivity index (χ1n) is 8.20. The minimum absolute atomic E-state index is 0.158. The minimum Gasteiger partial charge on any atom is -0.370 e. The van der Waals surface area contributed by atoms with Gasteiger partial charge in [-0.15, -0.1) is 0 Å². The summed E-state index contributed by atoms with van der Waals surface area (Å²) in [6.45, 7) is 1.16. The third-order valence-corrected chi connectivity index (χ3v) is 3.60. The second kappa shape index (κ2) is 15.5. The van der Waals surface area contributed by atoms with Crippen LogP contribution in [-0.2, 0) is 4.79 Å². The summed E-state index contributed by atoms with van der Waals surface area (Å²) in [6.07, 6.45) is 16.3. The van der Waals surface area contributed by atoms with E-state index in [1.54, 1.807) is 0 Å². The van der Waals surface area contributed by atoms with E-state index in [0.29, 0.717) is 6.42 Å². The zero-order valence-electron chi connectivity index (χ0n) is 12.9. The molecule has 0 saturated heterocycles. The van der Waals surface area contributed by atoms with Gasteiger partial charge in [0.15, 0.2) is 0 Å². The minimum atomic E-state index is -0.158. The van der Waals surface area contributed by atoms with Crippen LogP contribution in [0.1, 0.15) is 83.5 Å². The number of primary amides is 1. The maximum Gasteiger partial charge on any atom is 0.217 e. The van der Waals surface area contributed by atoms with Gasteiger partial charge in [-0.05, 0) is 26.4 Å². The van der Waals surface area contributed by atoms with Crippen molar-refractivity contribution in [2.24, 2.45) is 5.73 Å². The van der Waals surface area contributed by atoms with Gasteiger partial charge < -0.3 is 11.1 Å². The molecule has 0 unspecified atom stereocenters. The molecule has 3 heteroatoms. The highest BCUT2D eigenvalue weighted by Gasteiger charge is 1.95. The quantitative estimate of drug-likeness (QED) is 0.445. The lowest BCUT2D eigenvalue weighted by Gasteiger charge is -2.03. The maximum atomic E-state index is 10.5. The number of nitrogens with one attached hydrogen (secondary N) is 1. The second-order valence-electron chi connectivity index (χ2n) is 5.56. The Kier molecular flexibility index (Phi) is 15.0. The van der Waals surface area contributed by atoms with E-state index in [1.807, 2.05) is 7.05 Å². The topological polar surface area (TPSA) is 55.1 Å². The molecule has 0 aromatic rings. The molecule has 0 heterocycles. The third-order valence-electron chi connectivity index (χ3n) is 3.60. The summed E-state index contributed by atoms with van der Waals surface area (Å²) < 4.78 is 0. The fourth-order valence-corrected chi connectivity index (χ4v) is 2.37.